The Balaban J connectivity index is 2.08. The Morgan fingerprint density at radius 3 is 2.11 bits per heavy atom. The number of halogens is 1. The molecule has 1 aromatic heterocycles. The van der Waals surface area contributed by atoms with Crippen LogP contribution in [-0.4, -0.2) is 24.2 Å². The van der Waals surface area contributed by atoms with Gasteiger partial charge in [0.25, 0.3) is 0 Å². The number of nitrogens with zero attached hydrogens (tertiary/aromatic N) is 2. The molecule has 0 amide bonds. The van der Waals surface area contributed by atoms with E-state index in [1.165, 1.54) is 6.20 Å². The number of rotatable bonds is 5. The molecule has 0 bridgehead atoms. The molecule has 0 fully saturated rings. The number of ether oxygens (including phenoxy) is 3. The molecule has 1 heterocycles. The van der Waals surface area contributed by atoms with E-state index in [4.69, 9.17) is 25.8 Å². The Morgan fingerprint density at radius 1 is 0.947 bits per heavy atom. The van der Waals surface area contributed by atoms with Crippen LogP contribution >= 0.6 is 11.6 Å². The first-order chi connectivity index (χ1) is 9.21. The first-order valence-electron chi connectivity index (χ1n) is 5.53. The van der Waals surface area contributed by atoms with Crippen molar-refractivity contribution >= 4 is 11.6 Å². The predicted octanol–water partition coefficient (Wildman–Crippen LogP) is 2.73. The van der Waals surface area contributed by atoms with E-state index in [0.717, 1.165) is 0 Å². The Kier molecular flexibility index (Phi) is 4.41. The van der Waals surface area contributed by atoms with Crippen LogP contribution < -0.4 is 14.2 Å². The number of methoxy groups -OCH3 is 2. The van der Waals surface area contributed by atoms with Gasteiger partial charge >= 0.3 is 0 Å². The fourth-order valence-corrected chi connectivity index (χ4v) is 1.53. The second-order valence-corrected chi connectivity index (χ2v) is 4.05. The highest BCUT2D eigenvalue weighted by atomic mass is 35.5. The molecule has 2 rings (SSSR count). The molecule has 2 aromatic rings. The molecule has 0 aliphatic heterocycles. The van der Waals surface area contributed by atoms with Crippen molar-refractivity contribution < 1.29 is 14.2 Å². The molecular formula is C13H13ClN2O3. The fourth-order valence-electron chi connectivity index (χ4n) is 1.44. The topological polar surface area (TPSA) is 53.5 Å². The predicted molar refractivity (Wildman–Crippen MR) is 70.9 cm³/mol. The molecule has 0 spiro atoms. The maximum absolute atomic E-state index is 5.66. The van der Waals surface area contributed by atoms with Crippen molar-refractivity contribution in [3.63, 3.8) is 0 Å². The minimum atomic E-state index is 0.292. The Hall–Kier alpha value is -2.01. The zero-order valence-electron chi connectivity index (χ0n) is 10.6. The summed E-state index contributed by atoms with van der Waals surface area (Å²) in [6.45, 7) is 0.292. The largest absolute Gasteiger partial charge is 0.496 e. The van der Waals surface area contributed by atoms with Gasteiger partial charge in [-0.1, -0.05) is 11.6 Å². The highest BCUT2D eigenvalue weighted by Crippen LogP contribution is 2.27. The van der Waals surface area contributed by atoms with Crippen LogP contribution in [-0.2, 0) is 6.61 Å². The van der Waals surface area contributed by atoms with E-state index < -0.39 is 0 Å². The average Bonchev–Trinajstić information content (AvgIpc) is 2.46. The molecule has 5 nitrogen and oxygen atoms in total. The minimum Gasteiger partial charge on any atom is -0.496 e. The summed E-state index contributed by atoms with van der Waals surface area (Å²) in [6.07, 6.45) is 3.05. The van der Waals surface area contributed by atoms with Gasteiger partial charge in [0.1, 0.15) is 29.0 Å². The average molecular weight is 281 g/mol. The summed E-state index contributed by atoms with van der Waals surface area (Å²) in [5.41, 5.74) is 0.686. The van der Waals surface area contributed by atoms with Crippen LogP contribution in [0.1, 0.15) is 5.69 Å². The normalized spacial score (nSPS) is 10.1. The van der Waals surface area contributed by atoms with Crippen molar-refractivity contribution in [2.75, 3.05) is 14.2 Å². The van der Waals surface area contributed by atoms with Crippen molar-refractivity contribution in [1.82, 2.24) is 9.97 Å². The van der Waals surface area contributed by atoms with Crippen LogP contribution in [0.2, 0.25) is 5.15 Å². The van der Waals surface area contributed by atoms with Gasteiger partial charge in [0.2, 0.25) is 0 Å². The van der Waals surface area contributed by atoms with Gasteiger partial charge in [-0.3, -0.25) is 4.98 Å². The van der Waals surface area contributed by atoms with E-state index in [0.29, 0.717) is 34.7 Å². The number of hydrogen-bond donors (Lipinski definition) is 0. The first kappa shape index (κ1) is 13.4. The molecule has 1 aromatic carbocycles. The third kappa shape index (κ3) is 3.72. The van der Waals surface area contributed by atoms with Crippen LogP contribution in [0, 0.1) is 0 Å². The molecule has 0 saturated carbocycles. The van der Waals surface area contributed by atoms with Crippen LogP contribution in [0.4, 0.5) is 0 Å². The molecular weight excluding hydrogens is 268 g/mol. The van der Waals surface area contributed by atoms with E-state index in [1.807, 2.05) is 0 Å². The quantitative estimate of drug-likeness (QED) is 0.843. The van der Waals surface area contributed by atoms with Crippen LogP contribution in [0.15, 0.2) is 30.6 Å². The van der Waals surface area contributed by atoms with Crippen LogP contribution in [0.5, 0.6) is 17.2 Å². The molecule has 6 heteroatoms. The Morgan fingerprint density at radius 2 is 1.58 bits per heavy atom. The van der Waals surface area contributed by atoms with Gasteiger partial charge in [0, 0.05) is 18.2 Å². The summed E-state index contributed by atoms with van der Waals surface area (Å²) in [4.78, 5) is 8.03. The first-order valence-corrected chi connectivity index (χ1v) is 5.91. The van der Waals surface area contributed by atoms with Gasteiger partial charge in [-0.2, -0.15) is 0 Å². The lowest BCUT2D eigenvalue weighted by Gasteiger charge is -2.09. The molecule has 0 aliphatic carbocycles. The van der Waals surface area contributed by atoms with Crippen molar-refractivity contribution in [2.45, 2.75) is 6.61 Å². The van der Waals surface area contributed by atoms with Gasteiger partial charge in [-0.05, 0) is 0 Å². The summed E-state index contributed by atoms with van der Waals surface area (Å²) in [5.74, 6) is 1.96. The second-order valence-electron chi connectivity index (χ2n) is 3.67. The summed E-state index contributed by atoms with van der Waals surface area (Å²) in [7, 11) is 3.17. The van der Waals surface area contributed by atoms with E-state index >= 15 is 0 Å². The van der Waals surface area contributed by atoms with Crippen molar-refractivity contribution in [2.24, 2.45) is 0 Å². The van der Waals surface area contributed by atoms with Gasteiger partial charge in [-0.15, -0.1) is 0 Å². The van der Waals surface area contributed by atoms with Crippen molar-refractivity contribution in [1.29, 1.82) is 0 Å². The van der Waals surface area contributed by atoms with Gasteiger partial charge in [0.15, 0.2) is 0 Å². The van der Waals surface area contributed by atoms with Crippen molar-refractivity contribution in [3.8, 4) is 17.2 Å². The minimum absolute atomic E-state index is 0.292. The highest BCUT2D eigenvalue weighted by Gasteiger charge is 2.04. The SMILES string of the molecule is COc1cc(OC)cc(OCc2cnc(Cl)cn2)c1. The molecule has 0 aliphatic rings. The van der Waals surface area contributed by atoms with E-state index in [1.54, 1.807) is 38.6 Å². The number of aromatic nitrogens is 2. The summed E-state index contributed by atoms with van der Waals surface area (Å²) < 4.78 is 15.9. The highest BCUT2D eigenvalue weighted by molar-refractivity contribution is 6.29. The van der Waals surface area contributed by atoms with Crippen LogP contribution in [0.25, 0.3) is 0 Å². The van der Waals surface area contributed by atoms with Gasteiger partial charge < -0.3 is 14.2 Å². The second kappa shape index (κ2) is 6.24. The van der Waals surface area contributed by atoms with E-state index in [2.05, 4.69) is 9.97 Å². The number of hydrogen-bond acceptors (Lipinski definition) is 5. The molecule has 19 heavy (non-hydrogen) atoms. The van der Waals surface area contributed by atoms with E-state index in [9.17, 15) is 0 Å². The smallest absolute Gasteiger partial charge is 0.147 e. The fraction of sp³-hybridized carbons (Fsp3) is 0.231. The molecule has 0 unspecified atom stereocenters. The standard InChI is InChI=1S/C13H13ClN2O3/c1-17-10-3-11(18-2)5-12(4-10)19-8-9-6-16-13(14)7-15-9/h3-7H,8H2,1-2H3. The third-order valence-corrected chi connectivity index (χ3v) is 2.58. The Labute approximate surface area is 116 Å². The van der Waals surface area contributed by atoms with Crippen molar-refractivity contribution in [3.05, 3.63) is 41.4 Å². The molecule has 0 saturated heterocycles. The molecule has 100 valence electrons. The summed E-state index contributed by atoms with van der Waals surface area (Å²) in [6, 6.07) is 5.31. The molecule has 0 atom stereocenters. The zero-order valence-corrected chi connectivity index (χ0v) is 11.3. The lowest BCUT2D eigenvalue weighted by molar-refractivity contribution is 0.295. The summed E-state index contributed by atoms with van der Waals surface area (Å²) in [5, 5.41) is 0.354. The maximum atomic E-state index is 5.66. The maximum Gasteiger partial charge on any atom is 0.147 e. The van der Waals surface area contributed by atoms with Gasteiger partial charge in [0.05, 0.1) is 32.3 Å². The third-order valence-electron chi connectivity index (χ3n) is 2.39. The lowest BCUT2D eigenvalue weighted by Crippen LogP contribution is -1.99. The number of benzene rings is 1. The lowest BCUT2D eigenvalue weighted by atomic mass is 10.3. The monoisotopic (exact) mass is 280 g/mol. The van der Waals surface area contributed by atoms with Crippen LogP contribution in [0.3, 0.4) is 0 Å². The Bertz CT molecular complexity index is 524. The molecule has 0 radical (unpaired) electrons. The zero-order chi connectivity index (χ0) is 13.7. The molecule has 0 N–H and O–H groups in total. The summed E-state index contributed by atoms with van der Waals surface area (Å²) >= 11 is 5.66. The van der Waals surface area contributed by atoms with E-state index in [-0.39, 0.29) is 0 Å². The van der Waals surface area contributed by atoms with Gasteiger partial charge in [-0.25, -0.2) is 4.98 Å².